The minimum absolute atomic E-state index is 0.376. The molecule has 1 heterocycles. The molecule has 5 nitrogen and oxygen atoms in total. The number of H-pyrrole nitrogens is 1. The highest BCUT2D eigenvalue weighted by atomic mass is 35.5. The molecule has 3 N–H and O–H groups in total. The largest absolute Gasteiger partial charge is 0.345 e. The van der Waals surface area contributed by atoms with Gasteiger partial charge in [-0.3, -0.25) is 0 Å². The van der Waals surface area contributed by atoms with Crippen LogP contribution in [-0.4, -0.2) is 16.0 Å². The van der Waals surface area contributed by atoms with Gasteiger partial charge in [0.1, 0.15) is 0 Å². The number of urea groups is 1. The SMILES string of the molecule is O=C(Nc1ccc2nc[nH]c2c1)Nc1c(Cl)cccc1Cl. The number of aromatic nitrogens is 2. The van der Waals surface area contributed by atoms with Crippen molar-refractivity contribution in [3.05, 3.63) is 52.8 Å². The van der Waals surface area contributed by atoms with Crippen LogP contribution in [0, 0.1) is 0 Å². The number of fused-ring (bicyclic) bond motifs is 1. The molecule has 2 amide bonds. The van der Waals surface area contributed by atoms with Gasteiger partial charge in [-0.05, 0) is 30.3 Å². The number of hydrogen-bond acceptors (Lipinski definition) is 2. The monoisotopic (exact) mass is 320 g/mol. The van der Waals surface area contributed by atoms with Crippen LogP contribution in [0.3, 0.4) is 0 Å². The van der Waals surface area contributed by atoms with Gasteiger partial charge in [0.2, 0.25) is 0 Å². The summed E-state index contributed by atoms with van der Waals surface area (Å²) in [6, 6.07) is 9.94. The highest BCUT2D eigenvalue weighted by Crippen LogP contribution is 2.29. The number of halogens is 2. The minimum atomic E-state index is -0.427. The van der Waals surface area contributed by atoms with Crippen LogP contribution in [0.2, 0.25) is 10.0 Å². The lowest BCUT2D eigenvalue weighted by atomic mass is 10.3. The second kappa shape index (κ2) is 5.63. The summed E-state index contributed by atoms with van der Waals surface area (Å²) in [4.78, 5) is 19.1. The van der Waals surface area contributed by atoms with Crippen molar-refractivity contribution in [2.24, 2.45) is 0 Å². The number of benzene rings is 2. The van der Waals surface area contributed by atoms with E-state index in [1.54, 1.807) is 36.7 Å². The molecule has 0 aliphatic rings. The van der Waals surface area contributed by atoms with Gasteiger partial charge >= 0.3 is 6.03 Å². The fraction of sp³-hybridized carbons (Fsp3) is 0. The molecule has 0 bridgehead atoms. The number of carbonyl (C=O) groups excluding carboxylic acids is 1. The van der Waals surface area contributed by atoms with Gasteiger partial charge in [-0.15, -0.1) is 0 Å². The fourth-order valence-electron chi connectivity index (χ4n) is 1.91. The molecule has 0 atom stereocenters. The summed E-state index contributed by atoms with van der Waals surface area (Å²) >= 11 is 12.0. The molecule has 0 saturated carbocycles. The third-order valence-corrected chi connectivity index (χ3v) is 3.51. The van der Waals surface area contributed by atoms with Gasteiger partial charge in [0.15, 0.2) is 0 Å². The molecule has 0 aliphatic carbocycles. The predicted molar refractivity (Wildman–Crippen MR) is 85.2 cm³/mol. The number of nitrogens with one attached hydrogen (secondary N) is 3. The Labute approximate surface area is 130 Å². The zero-order valence-electron chi connectivity index (χ0n) is 10.7. The molecule has 0 radical (unpaired) electrons. The molecule has 0 unspecified atom stereocenters. The van der Waals surface area contributed by atoms with Crippen molar-refractivity contribution in [1.29, 1.82) is 0 Å². The first-order valence-electron chi connectivity index (χ1n) is 6.08. The van der Waals surface area contributed by atoms with Gasteiger partial charge in [-0.2, -0.15) is 0 Å². The first kappa shape index (κ1) is 13.7. The standard InChI is InChI=1S/C14H10Cl2N4O/c15-9-2-1-3-10(16)13(9)20-14(21)19-8-4-5-11-12(6-8)18-7-17-11/h1-7H,(H,17,18)(H2,19,20,21). The Morgan fingerprint density at radius 2 is 1.86 bits per heavy atom. The summed E-state index contributed by atoms with van der Waals surface area (Å²) in [5.41, 5.74) is 2.67. The van der Waals surface area contributed by atoms with E-state index < -0.39 is 6.03 Å². The second-order valence-corrected chi connectivity index (χ2v) is 5.12. The van der Waals surface area contributed by atoms with Gasteiger partial charge < -0.3 is 15.6 Å². The van der Waals surface area contributed by atoms with E-state index >= 15 is 0 Å². The number of imidazole rings is 1. The van der Waals surface area contributed by atoms with Crippen LogP contribution in [0.25, 0.3) is 11.0 Å². The number of hydrogen-bond donors (Lipinski definition) is 3. The van der Waals surface area contributed by atoms with E-state index in [1.165, 1.54) is 0 Å². The summed E-state index contributed by atoms with van der Waals surface area (Å²) in [7, 11) is 0. The lowest BCUT2D eigenvalue weighted by molar-refractivity contribution is 0.262. The van der Waals surface area contributed by atoms with Crippen molar-refractivity contribution in [1.82, 2.24) is 9.97 Å². The zero-order chi connectivity index (χ0) is 14.8. The maximum Gasteiger partial charge on any atom is 0.323 e. The molecule has 3 rings (SSSR count). The molecule has 7 heteroatoms. The normalized spacial score (nSPS) is 10.6. The van der Waals surface area contributed by atoms with E-state index in [0.717, 1.165) is 11.0 Å². The number of anilines is 2. The topological polar surface area (TPSA) is 69.8 Å². The maximum atomic E-state index is 12.0. The molecule has 2 aromatic carbocycles. The van der Waals surface area contributed by atoms with E-state index in [1.807, 2.05) is 6.07 Å². The number of rotatable bonds is 2. The highest BCUT2D eigenvalue weighted by molar-refractivity contribution is 6.39. The first-order valence-corrected chi connectivity index (χ1v) is 6.84. The Morgan fingerprint density at radius 3 is 2.62 bits per heavy atom. The molecule has 1 aromatic heterocycles. The number of aromatic amines is 1. The van der Waals surface area contributed by atoms with Crippen LogP contribution < -0.4 is 10.6 Å². The number of amides is 2. The first-order chi connectivity index (χ1) is 10.1. The Morgan fingerprint density at radius 1 is 1.10 bits per heavy atom. The Hall–Kier alpha value is -2.24. The van der Waals surface area contributed by atoms with Crippen LogP contribution in [-0.2, 0) is 0 Å². The Kier molecular flexibility index (Phi) is 3.68. The van der Waals surface area contributed by atoms with Crippen LogP contribution >= 0.6 is 23.2 Å². The molecule has 0 saturated heterocycles. The van der Waals surface area contributed by atoms with Gasteiger partial charge in [0.25, 0.3) is 0 Å². The van der Waals surface area contributed by atoms with Crippen LogP contribution in [0.4, 0.5) is 16.2 Å². The molecule has 0 spiro atoms. The summed E-state index contributed by atoms with van der Waals surface area (Å²) in [5.74, 6) is 0. The van der Waals surface area contributed by atoms with Crippen molar-refractivity contribution < 1.29 is 4.79 Å². The van der Waals surface area contributed by atoms with Gasteiger partial charge in [-0.25, -0.2) is 9.78 Å². The van der Waals surface area contributed by atoms with Gasteiger partial charge in [0.05, 0.1) is 33.1 Å². The summed E-state index contributed by atoms with van der Waals surface area (Å²) in [6.45, 7) is 0. The van der Waals surface area contributed by atoms with Gasteiger partial charge in [-0.1, -0.05) is 29.3 Å². The third kappa shape index (κ3) is 2.94. The van der Waals surface area contributed by atoms with Crippen LogP contribution in [0.1, 0.15) is 0 Å². The van der Waals surface area contributed by atoms with Crippen molar-refractivity contribution in [2.75, 3.05) is 10.6 Å². The van der Waals surface area contributed by atoms with E-state index in [-0.39, 0.29) is 0 Å². The van der Waals surface area contributed by atoms with Crippen molar-refractivity contribution in [2.45, 2.75) is 0 Å². The van der Waals surface area contributed by atoms with Crippen LogP contribution in [0.5, 0.6) is 0 Å². The fourth-order valence-corrected chi connectivity index (χ4v) is 2.40. The van der Waals surface area contributed by atoms with E-state index in [4.69, 9.17) is 23.2 Å². The van der Waals surface area contributed by atoms with E-state index in [9.17, 15) is 4.79 Å². The quantitative estimate of drug-likeness (QED) is 0.650. The highest BCUT2D eigenvalue weighted by Gasteiger charge is 2.10. The van der Waals surface area contributed by atoms with E-state index in [2.05, 4.69) is 20.6 Å². The van der Waals surface area contributed by atoms with Gasteiger partial charge in [0, 0.05) is 5.69 Å². The Balaban J connectivity index is 1.77. The lowest BCUT2D eigenvalue weighted by Gasteiger charge is -2.10. The van der Waals surface area contributed by atoms with E-state index in [0.29, 0.717) is 21.4 Å². The van der Waals surface area contributed by atoms with Crippen molar-refractivity contribution >= 4 is 51.6 Å². The van der Waals surface area contributed by atoms with Crippen molar-refractivity contribution in [3.8, 4) is 0 Å². The molecule has 21 heavy (non-hydrogen) atoms. The molecule has 0 fully saturated rings. The average Bonchev–Trinajstić information content (AvgIpc) is 2.90. The second-order valence-electron chi connectivity index (χ2n) is 4.31. The summed E-state index contributed by atoms with van der Waals surface area (Å²) < 4.78 is 0. The molecule has 106 valence electrons. The molecule has 3 aromatic rings. The molecular formula is C14H10Cl2N4O. The smallest absolute Gasteiger partial charge is 0.323 e. The third-order valence-electron chi connectivity index (χ3n) is 2.88. The summed E-state index contributed by atoms with van der Waals surface area (Å²) in [5, 5.41) is 6.09. The van der Waals surface area contributed by atoms with Crippen LogP contribution in [0.15, 0.2) is 42.7 Å². The Bertz CT molecular complexity index is 795. The zero-order valence-corrected chi connectivity index (χ0v) is 12.2. The van der Waals surface area contributed by atoms with Crippen molar-refractivity contribution in [3.63, 3.8) is 0 Å². The molecule has 0 aliphatic heterocycles. The molecular weight excluding hydrogens is 311 g/mol. The average molecular weight is 321 g/mol. The summed E-state index contributed by atoms with van der Waals surface area (Å²) in [6.07, 6.45) is 1.60. The number of carbonyl (C=O) groups is 1. The number of nitrogens with zero attached hydrogens (tertiary/aromatic N) is 1. The number of para-hydroxylation sites is 1. The predicted octanol–water partition coefficient (Wildman–Crippen LogP) is 4.51. The maximum absolute atomic E-state index is 12.0. The minimum Gasteiger partial charge on any atom is -0.345 e. The lowest BCUT2D eigenvalue weighted by Crippen LogP contribution is -2.19.